The Morgan fingerprint density at radius 3 is 2.74 bits per heavy atom. The Morgan fingerprint density at radius 2 is 1.96 bits per heavy atom. The number of hydrogen-bond donors (Lipinski definition) is 2. The van der Waals surface area contributed by atoms with Crippen LogP contribution in [0.1, 0.15) is 11.4 Å². The maximum Gasteiger partial charge on any atom is 0.272 e. The Balaban J connectivity index is 1.72. The van der Waals surface area contributed by atoms with Gasteiger partial charge in [0.2, 0.25) is 5.91 Å². The van der Waals surface area contributed by atoms with E-state index in [-0.39, 0.29) is 17.9 Å². The number of carbonyl (C=O) groups excluding carboxylic acids is 1. The maximum atomic E-state index is 12.0. The van der Waals surface area contributed by atoms with Crippen LogP contribution in [0.2, 0.25) is 0 Å². The average molecular weight is 307 g/mol. The third-order valence-corrected chi connectivity index (χ3v) is 3.18. The number of H-pyrrole nitrogens is 1. The van der Waals surface area contributed by atoms with Crippen molar-refractivity contribution in [1.82, 2.24) is 20.6 Å². The number of carbonyl (C=O) groups is 1. The van der Waals surface area contributed by atoms with Crippen molar-refractivity contribution in [2.45, 2.75) is 6.42 Å². The third kappa shape index (κ3) is 3.46. The molecule has 0 fully saturated rings. The molecular formula is C16H13N5O2. The van der Waals surface area contributed by atoms with Crippen molar-refractivity contribution in [2.75, 3.05) is 0 Å². The minimum Gasteiger partial charge on any atom is -0.273 e. The van der Waals surface area contributed by atoms with Crippen LogP contribution in [0.4, 0.5) is 0 Å². The predicted molar refractivity (Wildman–Crippen MR) is 86.0 cm³/mol. The van der Waals surface area contributed by atoms with Crippen LogP contribution in [0.3, 0.4) is 0 Å². The van der Waals surface area contributed by atoms with Crippen LogP contribution < -0.4 is 11.0 Å². The molecule has 0 spiro atoms. The van der Waals surface area contributed by atoms with E-state index < -0.39 is 0 Å². The highest BCUT2D eigenvalue weighted by molar-refractivity contribution is 5.88. The number of pyridine rings is 1. The Hall–Kier alpha value is -3.35. The summed E-state index contributed by atoms with van der Waals surface area (Å²) >= 11 is 0. The lowest BCUT2D eigenvalue weighted by Crippen LogP contribution is -2.22. The van der Waals surface area contributed by atoms with Crippen molar-refractivity contribution in [2.24, 2.45) is 5.10 Å². The van der Waals surface area contributed by atoms with Gasteiger partial charge in [-0.3, -0.25) is 14.6 Å². The van der Waals surface area contributed by atoms with E-state index in [1.807, 2.05) is 6.07 Å². The standard InChI is InChI=1S/C16H13N5O2/c22-15(20-18-10-11-5-3-4-8-17-11)9-14-12-6-1-2-7-13(12)16(23)21-19-14/h1-8,10H,9H2,(H,20,22)(H,21,23)/b18-10+. The van der Waals surface area contributed by atoms with Gasteiger partial charge in [0, 0.05) is 11.6 Å². The van der Waals surface area contributed by atoms with E-state index in [2.05, 4.69) is 25.7 Å². The van der Waals surface area contributed by atoms with Crippen molar-refractivity contribution in [3.05, 3.63) is 70.4 Å². The normalized spacial score (nSPS) is 11.0. The molecule has 2 aromatic heterocycles. The van der Waals surface area contributed by atoms with Gasteiger partial charge in [-0.25, -0.2) is 10.5 Å². The molecule has 0 aliphatic heterocycles. The van der Waals surface area contributed by atoms with E-state index in [9.17, 15) is 9.59 Å². The molecule has 0 unspecified atom stereocenters. The maximum absolute atomic E-state index is 12.0. The summed E-state index contributed by atoms with van der Waals surface area (Å²) in [5.74, 6) is -0.332. The lowest BCUT2D eigenvalue weighted by atomic mass is 10.1. The lowest BCUT2D eigenvalue weighted by Gasteiger charge is -2.03. The molecule has 0 saturated carbocycles. The highest BCUT2D eigenvalue weighted by Gasteiger charge is 2.09. The SMILES string of the molecule is O=C(Cc1n[nH]c(=O)c2ccccc12)N/N=C/c1ccccn1. The first-order chi connectivity index (χ1) is 11.2. The van der Waals surface area contributed by atoms with Gasteiger partial charge >= 0.3 is 0 Å². The summed E-state index contributed by atoms with van der Waals surface area (Å²) < 4.78 is 0. The van der Waals surface area contributed by atoms with Gasteiger partial charge in [-0.05, 0) is 18.2 Å². The number of nitrogens with one attached hydrogen (secondary N) is 2. The Bertz CT molecular complexity index is 918. The number of hydrogen-bond acceptors (Lipinski definition) is 5. The van der Waals surface area contributed by atoms with E-state index in [4.69, 9.17) is 0 Å². The van der Waals surface area contributed by atoms with Crippen molar-refractivity contribution in [1.29, 1.82) is 0 Å². The van der Waals surface area contributed by atoms with Crippen LogP contribution in [0.5, 0.6) is 0 Å². The monoisotopic (exact) mass is 307 g/mol. The molecule has 7 nitrogen and oxygen atoms in total. The Morgan fingerprint density at radius 1 is 1.17 bits per heavy atom. The van der Waals surface area contributed by atoms with Gasteiger partial charge in [0.1, 0.15) is 0 Å². The van der Waals surface area contributed by atoms with Gasteiger partial charge in [0.25, 0.3) is 5.56 Å². The zero-order chi connectivity index (χ0) is 16.1. The molecule has 0 aliphatic rings. The number of rotatable bonds is 4. The Kier molecular flexibility index (Phi) is 4.19. The smallest absolute Gasteiger partial charge is 0.272 e. The first-order valence-electron chi connectivity index (χ1n) is 6.93. The number of aromatic amines is 1. The summed E-state index contributed by atoms with van der Waals surface area (Å²) in [6.07, 6.45) is 3.10. The molecule has 1 amide bonds. The van der Waals surface area contributed by atoms with E-state index in [1.54, 1.807) is 42.6 Å². The molecule has 0 saturated heterocycles. The van der Waals surface area contributed by atoms with Crippen molar-refractivity contribution >= 4 is 22.9 Å². The molecule has 0 aliphatic carbocycles. The van der Waals surface area contributed by atoms with Crippen molar-refractivity contribution < 1.29 is 4.79 Å². The minimum atomic E-state index is -0.332. The average Bonchev–Trinajstić information content (AvgIpc) is 2.59. The highest BCUT2D eigenvalue weighted by Crippen LogP contribution is 2.12. The number of aromatic nitrogens is 3. The number of benzene rings is 1. The fraction of sp³-hybridized carbons (Fsp3) is 0.0625. The number of hydrazone groups is 1. The summed E-state index contributed by atoms with van der Waals surface area (Å²) in [4.78, 5) is 27.7. The largest absolute Gasteiger partial charge is 0.273 e. The summed E-state index contributed by atoms with van der Waals surface area (Å²) in [5, 5.41) is 11.3. The predicted octanol–water partition coefficient (Wildman–Crippen LogP) is 1.01. The first-order valence-corrected chi connectivity index (χ1v) is 6.93. The second kappa shape index (κ2) is 6.61. The van der Waals surface area contributed by atoms with Crippen LogP contribution in [0, 0.1) is 0 Å². The summed E-state index contributed by atoms with van der Waals surface area (Å²) in [6.45, 7) is 0. The number of amides is 1. The fourth-order valence-corrected chi connectivity index (χ4v) is 2.12. The van der Waals surface area contributed by atoms with Crippen LogP contribution in [0.25, 0.3) is 10.8 Å². The zero-order valence-electron chi connectivity index (χ0n) is 12.1. The lowest BCUT2D eigenvalue weighted by molar-refractivity contribution is -0.120. The molecule has 7 heteroatoms. The molecule has 3 rings (SSSR count). The van der Waals surface area contributed by atoms with E-state index >= 15 is 0 Å². The summed E-state index contributed by atoms with van der Waals surface area (Å²) in [7, 11) is 0. The van der Waals surface area contributed by atoms with E-state index in [0.29, 0.717) is 22.2 Å². The van der Waals surface area contributed by atoms with Crippen LogP contribution in [0.15, 0.2) is 58.6 Å². The van der Waals surface area contributed by atoms with Crippen molar-refractivity contribution in [3.8, 4) is 0 Å². The van der Waals surface area contributed by atoms with Gasteiger partial charge in [-0.15, -0.1) is 0 Å². The van der Waals surface area contributed by atoms with Gasteiger partial charge in [-0.1, -0.05) is 24.3 Å². The molecular weight excluding hydrogens is 294 g/mol. The summed E-state index contributed by atoms with van der Waals surface area (Å²) in [5.41, 5.74) is 3.27. The minimum absolute atomic E-state index is 0.0108. The fourth-order valence-electron chi connectivity index (χ4n) is 2.12. The number of fused-ring (bicyclic) bond motifs is 1. The molecule has 0 bridgehead atoms. The highest BCUT2D eigenvalue weighted by atomic mass is 16.2. The van der Waals surface area contributed by atoms with Gasteiger partial charge < -0.3 is 0 Å². The van der Waals surface area contributed by atoms with Gasteiger partial charge in [0.15, 0.2) is 0 Å². The van der Waals surface area contributed by atoms with Crippen LogP contribution >= 0.6 is 0 Å². The van der Waals surface area contributed by atoms with Gasteiger partial charge in [-0.2, -0.15) is 10.2 Å². The molecule has 3 aromatic rings. The molecule has 0 radical (unpaired) electrons. The van der Waals surface area contributed by atoms with Crippen LogP contribution in [-0.4, -0.2) is 27.3 Å². The molecule has 2 N–H and O–H groups in total. The topological polar surface area (TPSA) is 100 Å². The molecule has 23 heavy (non-hydrogen) atoms. The molecule has 2 heterocycles. The van der Waals surface area contributed by atoms with E-state index in [1.165, 1.54) is 6.21 Å². The quantitative estimate of drug-likeness (QED) is 0.555. The second-order valence-electron chi connectivity index (χ2n) is 4.77. The van der Waals surface area contributed by atoms with Crippen LogP contribution in [-0.2, 0) is 11.2 Å². The molecule has 114 valence electrons. The van der Waals surface area contributed by atoms with Crippen molar-refractivity contribution in [3.63, 3.8) is 0 Å². The Labute approximate surface area is 131 Å². The summed E-state index contributed by atoms with van der Waals surface area (Å²) in [6, 6.07) is 12.4. The van der Waals surface area contributed by atoms with Gasteiger partial charge in [0.05, 0.1) is 29.4 Å². The number of nitrogens with zero attached hydrogens (tertiary/aromatic N) is 3. The zero-order valence-corrected chi connectivity index (χ0v) is 12.1. The first kappa shape index (κ1) is 14.6. The molecule has 0 atom stereocenters. The third-order valence-electron chi connectivity index (χ3n) is 3.18. The molecule has 1 aromatic carbocycles. The van der Waals surface area contributed by atoms with E-state index in [0.717, 1.165) is 0 Å². The second-order valence-corrected chi connectivity index (χ2v) is 4.77.